The second-order valence-electron chi connectivity index (χ2n) is 5.11. The van der Waals surface area contributed by atoms with Crippen molar-refractivity contribution in [3.8, 4) is 0 Å². The van der Waals surface area contributed by atoms with Gasteiger partial charge in [0.25, 0.3) is 0 Å². The number of aryl methyl sites for hydroxylation is 1. The van der Waals surface area contributed by atoms with Gasteiger partial charge in [-0.05, 0) is 31.9 Å². The minimum atomic E-state index is -0.832. The average molecular weight is 274 g/mol. The summed E-state index contributed by atoms with van der Waals surface area (Å²) < 4.78 is 13.9. The van der Waals surface area contributed by atoms with Gasteiger partial charge in [0.2, 0.25) is 0 Å². The van der Waals surface area contributed by atoms with Crippen molar-refractivity contribution in [2.24, 2.45) is 0 Å². The first kappa shape index (κ1) is 12.8. The van der Waals surface area contributed by atoms with Crippen molar-refractivity contribution in [2.75, 3.05) is 11.4 Å². The van der Waals surface area contributed by atoms with Crippen LogP contribution in [0.4, 0.5) is 10.1 Å². The Balaban J connectivity index is 2.20. The molecule has 3 rings (SSSR count). The van der Waals surface area contributed by atoms with Gasteiger partial charge >= 0.3 is 5.97 Å². The molecule has 0 bridgehead atoms. The number of aliphatic carboxylic acids is 1. The Morgan fingerprint density at radius 2 is 2.30 bits per heavy atom. The SMILES string of the molecule is Cc1cc(N2CCC[C@H]2C(=O)O)c2cccc(F)c2n1. The molecule has 0 spiro atoms. The Kier molecular flexibility index (Phi) is 3.04. The zero-order chi connectivity index (χ0) is 14.3. The lowest BCUT2D eigenvalue weighted by Crippen LogP contribution is -2.36. The van der Waals surface area contributed by atoms with E-state index in [0.29, 0.717) is 29.6 Å². The molecule has 1 aromatic carbocycles. The van der Waals surface area contributed by atoms with Crippen molar-refractivity contribution in [3.05, 3.63) is 35.8 Å². The Morgan fingerprint density at radius 3 is 3.05 bits per heavy atom. The molecule has 0 amide bonds. The van der Waals surface area contributed by atoms with E-state index < -0.39 is 12.0 Å². The third-order valence-corrected chi connectivity index (χ3v) is 3.74. The van der Waals surface area contributed by atoms with E-state index in [9.17, 15) is 14.3 Å². The van der Waals surface area contributed by atoms with Crippen molar-refractivity contribution in [1.29, 1.82) is 0 Å². The molecule has 1 aliphatic rings. The van der Waals surface area contributed by atoms with Gasteiger partial charge in [0.1, 0.15) is 17.4 Å². The number of aromatic nitrogens is 1. The van der Waals surface area contributed by atoms with Gasteiger partial charge in [-0.3, -0.25) is 0 Å². The van der Waals surface area contributed by atoms with Gasteiger partial charge in [-0.1, -0.05) is 12.1 Å². The number of carboxylic acids is 1. The zero-order valence-electron chi connectivity index (χ0n) is 11.1. The first-order valence-corrected chi connectivity index (χ1v) is 6.63. The van der Waals surface area contributed by atoms with Crippen molar-refractivity contribution in [1.82, 2.24) is 4.98 Å². The van der Waals surface area contributed by atoms with E-state index in [-0.39, 0.29) is 5.82 Å². The van der Waals surface area contributed by atoms with Gasteiger partial charge in [-0.25, -0.2) is 14.2 Å². The van der Waals surface area contributed by atoms with Crippen LogP contribution in [0.2, 0.25) is 0 Å². The van der Waals surface area contributed by atoms with Crippen molar-refractivity contribution in [3.63, 3.8) is 0 Å². The van der Waals surface area contributed by atoms with Crippen LogP contribution in [0, 0.1) is 12.7 Å². The highest BCUT2D eigenvalue weighted by Gasteiger charge is 2.31. The quantitative estimate of drug-likeness (QED) is 0.915. The molecule has 1 atom stereocenters. The number of anilines is 1. The van der Waals surface area contributed by atoms with E-state index in [1.165, 1.54) is 6.07 Å². The molecular formula is C15H15FN2O2. The lowest BCUT2D eigenvalue weighted by atomic mass is 10.1. The Bertz CT molecular complexity index is 687. The van der Waals surface area contributed by atoms with Gasteiger partial charge in [-0.15, -0.1) is 0 Å². The highest BCUT2D eigenvalue weighted by molar-refractivity contribution is 5.94. The van der Waals surface area contributed by atoms with E-state index in [1.54, 1.807) is 19.1 Å². The zero-order valence-corrected chi connectivity index (χ0v) is 11.1. The highest BCUT2D eigenvalue weighted by atomic mass is 19.1. The minimum Gasteiger partial charge on any atom is -0.480 e. The number of rotatable bonds is 2. The Morgan fingerprint density at radius 1 is 1.50 bits per heavy atom. The predicted octanol–water partition coefficient (Wildman–Crippen LogP) is 2.74. The fourth-order valence-corrected chi connectivity index (χ4v) is 2.87. The summed E-state index contributed by atoms with van der Waals surface area (Å²) in [5.41, 5.74) is 1.75. The fraction of sp³-hybridized carbons (Fsp3) is 0.333. The number of benzene rings is 1. The first-order valence-electron chi connectivity index (χ1n) is 6.63. The molecule has 5 heteroatoms. The molecule has 0 unspecified atom stereocenters. The largest absolute Gasteiger partial charge is 0.480 e. The summed E-state index contributed by atoms with van der Waals surface area (Å²) in [6, 6.07) is 6.09. The Hall–Kier alpha value is -2.17. The Labute approximate surface area is 115 Å². The lowest BCUT2D eigenvalue weighted by molar-refractivity contribution is -0.138. The molecule has 1 N–H and O–H groups in total. The van der Waals surface area contributed by atoms with Crippen molar-refractivity contribution < 1.29 is 14.3 Å². The van der Waals surface area contributed by atoms with Crippen LogP contribution < -0.4 is 4.90 Å². The van der Waals surface area contributed by atoms with E-state index in [4.69, 9.17) is 0 Å². The summed E-state index contributed by atoms with van der Waals surface area (Å²) in [5.74, 6) is -1.21. The summed E-state index contributed by atoms with van der Waals surface area (Å²) in [6.45, 7) is 2.47. The molecular weight excluding hydrogens is 259 g/mol. The van der Waals surface area contributed by atoms with E-state index in [1.807, 2.05) is 11.0 Å². The number of para-hydroxylation sites is 1. The van der Waals surface area contributed by atoms with Gasteiger partial charge < -0.3 is 10.0 Å². The summed E-state index contributed by atoms with van der Waals surface area (Å²) in [5, 5.41) is 9.98. The number of hydrogen-bond donors (Lipinski definition) is 1. The number of hydrogen-bond acceptors (Lipinski definition) is 3. The van der Waals surface area contributed by atoms with Crippen LogP contribution in [0.5, 0.6) is 0 Å². The minimum absolute atomic E-state index is 0.304. The van der Waals surface area contributed by atoms with Crippen LogP contribution in [0.3, 0.4) is 0 Å². The molecule has 104 valence electrons. The monoisotopic (exact) mass is 274 g/mol. The molecule has 1 saturated heterocycles. The van der Waals surface area contributed by atoms with Gasteiger partial charge in [0.05, 0.1) is 0 Å². The standard InChI is InChI=1S/C15H15FN2O2/c1-9-8-13(18-7-3-6-12(18)15(19)20)10-4-2-5-11(16)14(10)17-9/h2,4-5,8,12H,3,6-7H2,1H3,(H,19,20)/t12-/m0/s1. The highest BCUT2D eigenvalue weighted by Crippen LogP contribution is 2.33. The summed E-state index contributed by atoms with van der Waals surface area (Å²) in [7, 11) is 0. The summed E-state index contributed by atoms with van der Waals surface area (Å²) in [6.07, 6.45) is 1.45. The molecule has 1 fully saturated rings. The molecule has 2 heterocycles. The number of halogens is 1. The maximum atomic E-state index is 13.9. The van der Waals surface area contributed by atoms with Crippen LogP contribution >= 0.6 is 0 Å². The van der Waals surface area contributed by atoms with E-state index in [0.717, 1.165) is 12.1 Å². The molecule has 20 heavy (non-hydrogen) atoms. The first-order chi connectivity index (χ1) is 9.58. The van der Waals surface area contributed by atoms with Crippen molar-refractivity contribution in [2.45, 2.75) is 25.8 Å². The average Bonchev–Trinajstić information content (AvgIpc) is 2.88. The molecule has 1 aromatic heterocycles. The van der Waals surface area contributed by atoms with E-state index >= 15 is 0 Å². The summed E-state index contributed by atoms with van der Waals surface area (Å²) in [4.78, 5) is 17.4. The third kappa shape index (κ3) is 1.99. The topological polar surface area (TPSA) is 53.4 Å². The fourth-order valence-electron chi connectivity index (χ4n) is 2.87. The third-order valence-electron chi connectivity index (χ3n) is 3.74. The summed E-state index contributed by atoms with van der Waals surface area (Å²) >= 11 is 0. The van der Waals surface area contributed by atoms with Gasteiger partial charge in [0.15, 0.2) is 0 Å². The van der Waals surface area contributed by atoms with Gasteiger partial charge in [0, 0.05) is 23.3 Å². The predicted molar refractivity (Wildman–Crippen MR) is 74.4 cm³/mol. The van der Waals surface area contributed by atoms with Crippen LogP contribution in [0.15, 0.2) is 24.3 Å². The molecule has 2 aromatic rings. The van der Waals surface area contributed by atoms with Crippen LogP contribution in [-0.2, 0) is 4.79 Å². The maximum Gasteiger partial charge on any atom is 0.326 e. The number of carboxylic acid groups (broad SMARTS) is 1. The number of carbonyl (C=O) groups is 1. The smallest absolute Gasteiger partial charge is 0.326 e. The van der Waals surface area contributed by atoms with Crippen LogP contribution in [-0.4, -0.2) is 28.6 Å². The number of pyridine rings is 1. The maximum absolute atomic E-state index is 13.9. The second kappa shape index (κ2) is 4.74. The van der Waals surface area contributed by atoms with Gasteiger partial charge in [-0.2, -0.15) is 0 Å². The van der Waals surface area contributed by atoms with Crippen LogP contribution in [0.1, 0.15) is 18.5 Å². The molecule has 0 aliphatic carbocycles. The molecule has 4 nitrogen and oxygen atoms in total. The molecule has 0 saturated carbocycles. The number of nitrogens with zero attached hydrogens (tertiary/aromatic N) is 2. The van der Waals surface area contributed by atoms with Crippen molar-refractivity contribution >= 4 is 22.6 Å². The lowest BCUT2D eigenvalue weighted by Gasteiger charge is -2.25. The van der Waals surface area contributed by atoms with E-state index in [2.05, 4.69) is 4.98 Å². The second-order valence-corrected chi connectivity index (χ2v) is 5.11. The normalized spacial score (nSPS) is 18.7. The molecule has 0 radical (unpaired) electrons. The molecule has 1 aliphatic heterocycles. The number of fused-ring (bicyclic) bond motifs is 1. The van der Waals surface area contributed by atoms with Crippen LogP contribution in [0.25, 0.3) is 10.9 Å².